The van der Waals surface area contributed by atoms with E-state index in [2.05, 4.69) is 10.3 Å². The van der Waals surface area contributed by atoms with Crippen LogP contribution in [0.15, 0.2) is 18.3 Å². The molecule has 3 rings (SSSR count). The first-order valence-electron chi connectivity index (χ1n) is 6.38. The highest BCUT2D eigenvalue weighted by Gasteiger charge is 2.41. The van der Waals surface area contributed by atoms with Crippen molar-refractivity contribution >= 4 is 11.6 Å². The number of anilines is 1. The first kappa shape index (κ1) is 11.5. The average Bonchev–Trinajstić information content (AvgIpc) is 3.10. The van der Waals surface area contributed by atoms with Gasteiger partial charge in [0.1, 0.15) is 5.69 Å². The Morgan fingerprint density at radius 3 is 3.00 bits per heavy atom. The molecule has 0 radical (unpaired) electrons. The molecule has 0 bridgehead atoms. The number of amides is 1. The Hall–Kier alpha value is -1.62. The molecule has 1 aromatic heterocycles. The molecule has 2 atom stereocenters. The van der Waals surface area contributed by atoms with Crippen LogP contribution in [-0.2, 0) is 4.74 Å². The summed E-state index contributed by atoms with van der Waals surface area (Å²) in [4.78, 5) is 16.1. The molecule has 0 aromatic carbocycles. The van der Waals surface area contributed by atoms with Crippen LogP contribution in [0.4, 0.5) is 5.69 Å². The lowest BCUT2D eigenvalue weighted by molar-refractivity contribution is 0.0727. The fraction of sp³-hybridized carbons (Fsp3) is 0.538. The quantitative estimate of drug-likeness (QED) is 0.834. The summed E-state index contributed by atoms with van der Waals surface area (Å²) in [7, 11) is 0. The molecule has 18 heavy (non-hydrogen) atoms. The zero-order chi connectivity index (χ0) is 12.5. The van der Waals surface area contributed by atoms with Gasteiger partial charge in [-0.1, -0.05) is 0 Å². The molecule has 5 heteroatoms. The van der Waals surface area contributed by atoms with Crippen molar-refractivity contribution in [3.05, 3.63) is 24.0 Å². The Bertz CT molecular complexity index is 459. The average molecular weight is 247 g/mol. The van der Waals surface area contributed by atoms with Crippen molar-refractivity contribution in [1.82, 2.24) is 10.3 Å². The fourth-order valence-electron chi connectivity index (χ4n) is 2.47. The molecular weight excluding hydrogens is 230 g/mol. The predicted octanol–water partition coefficient (Wildman–Crippen LogP) is 0.961. The number of carbonyl (C=O) groups is 1. The van der Waals surface area contributed by atoms with Gasteiger partial charge in [0, 0.05) is 18.5 Å². The van der Waals surface area contributed by atoms with Crippen LogP contribution in [0.5, 0.6) is 0 Å². The Balaban J connectivity index is 1.66. The number of nitrogens with two attached hydrogens (primary N) is 1. The number of pyridine rings is 1. The first-order valence-corrected chi connectivity index (χ1v) is 6.38. The van der Waals surface area contributed by atoms with Gasteiger partial charge in [0.15, 0.2) is 0 Å². The molecule has 96 valence electrons. The monoisotopic (exact) mass is 247 g/mol. The van der Waals surface area contributed by atoms with E-state index in [1.54, 1.807) is 18.3 Å². The summed E-state index contributed by atoms with van der Waals surface area (Å²) in [5.41, 5.74) is 6.57. The van der Waals surface area contributed by atoms with Gasteiger partial charge in [-0.25, -0.2) is 0 Å². The maximum Gasteiger partial charge on any atom is 0.270 e. The maximum atomic E-state index is 12.1. The third-order valence-corrected chi connectivity index (χ3v) is 3.56. The fourth-order valence-corrected chi connectivity index (χ4v) is 2.47. The van der Waals surface area contributed by atoms with Gasteiger partial charge in [0.25, 0.3) is 5.91 Å². The van der Waals surface area contributed by atoms with E-state index in [0.29, 0.717) is 17.3 Å². The Labute approximate surface area is 106 Å². The highest BCUT2D eigenvalue weighted by atomic mass is 16.5. The van der Waals surface area contributed by atoms with Gasteiger partial charge >= 0.3 is 0 Å². The van der Waals surface area contributed by atoms with Gasteiger partial charge in [-0.2, -0.15) is 0 Å². The molecule has 3 N–H and O–H groups in total. The standard InChI is InChI=1S/C13H17N3O2/c14-9-3-5-15-11(7-9)13(17)16-10-4-6-18-12(10)8-1-2-8/h3,5,7-8,10,12H,1-2,4,6H2,(H2,14,15)(H,16,17). The number of nitrogens with one attached hydrogen (secondary N) is 1. The predicted molar refractivity (Wildman–Crippen MR) is 67.0 cm³/mol. The van der Waals surface area contributed by atoms with Crippen LogP contribution in [0.1, 0.15) is 29.8 Å². The van der Waals surface area contributed by atoms with Crippen molar-refractivity contribution in [3.63, 3.8) is 0 Å². The number of ether oxygens (including phenoxy) is 1. The number of carbonyl (C=O) groups excluding carboxylic acids is 1. The molecule has 2 unspecified atom stereocenters. The van der Waals surface area contributed by atoms with Crippen molar-refractivity contribution in [3.8, 4) is 0 Å². The van der Waals surface area contributed by atoms with Gasteiger partial charge in [0.2, 0.25) is 0 Å². The van der Waals surface area contributed by atoms with Crippen LogP contribution in [0.2, 0.25) is 0 Å². The van der Waals surface area contributed by atoms with Crippen LogP contribution in [0, 0.1) is 5.92 Å². The summed E-state index contributed by atoms with van der Waals surface area (Å²) < 4.78 is 5.69. The highest BCUT2D eigenvalue weighted by molar-refractivity contribution is 5.93. The SMILES string of the molecule is Nc1ccnc(C(=O)NC2CCOC2C2CC2)c1. The lowest BCUT2D eigenvalue weighted by Crippen LogP contribution is -2.41. The second-order valence-electron chi connectivity index (χ2n) is 5.02. The van der Waals surface area contributed by atoms with E-state index in [4.69, 9.17) is 10.5 Å². The van der Waals surface area contributed by atoms with Gasteiger partial charge in [-0.05, 0) is 37.3 Å². The summed E-state index contributed by atoms with van der Waals surface area (Å²) in [6.07, 6.45) is 5.06. The number of hydrogen-bond donors (Lipinski definition) is 2. The van der Waals surface area contributed by atoms with Crippen molar-refractivity contribution in [2.24, 2.45) is 5.92 Å². The Morgan fingerprint density at radius 1 is 1.44 bits per heavy atom. The molecule has 1 aromatic rings. The summed E-state index contributed by atoms with van der Waals surface area (Å²) in [6, 6.07) is 3.38. The minimum absolute atomic E-state index is 0.119. The lowest BCUT2D eigenvalue weighted by atomic mass is 10.1. The van der Waals surface area contributed by atoms with Crippen LogP contribution >= 0.6 is 0 Å². The third-order valence-electron chi connectivity index (χ3n) is 3.56. The van der Waals surface area contributed by atoms with E-state index in [9.17, 15) is 4.79 Å². The Kier molecular flexibility index (Phi) is 2.91. The topological polar surface area (TPSA) is 77.2 Å². The maximum absolute atomic E-state index is 12.1. The second kappa shape index (κ2) is 4.57. The van der Waals surface area contributed by atoms with Gasteiger partial charge in [0.05, 0.1) is 12.1 Å². The molecule has 5 nitrogen and oxygen atoms in total. The largest absolute Gasteiger partial charge is 0.399 e. The van der Waals surface area contributed by atoms with Crippen LogP contribution in [-0.4, -0.2) is 29.6 Å². The van der Waals surface area contributed by atoms with E-state index in [1.165, 1.54) is 12.8 Å². The molecule has 2 fully saturated rings. The van der Waals surface area contributed by atoms with Crippen molar-refractivity contribution in [2.75, 3.05) is 12.3 Å². The smallest absolute Gasteiger partial charge is 0.270 e. The molecule has 1 aliphatic heterocycles. The van der Waals surface area contributed by atoms with Crippen molar-refractivity contribution in [1.29, 1.82) is 0 Å². The van der Waals surface area contributed by atoms with E-state index < -0.39 is 0 Å². The summed E-state index contributed by atoms with van der Waals surface area (Å²) in [5.74, 6) is 0.468. The highest BCUT2D eigenvalue weighted by Crippen LogP contribution is 2.38. The minimum atomic E-state index is -0.163. The number of nitrogen functional groups attached to an aromatic ring is 1. The molecule has 1 saturated carbocycles. The summed E-state index contributed by atoms with van der Waals surface area (Å²) in [6.45, 7) is 0.733. The molecular formula is C13H17N3O2. The van der Waals surface area contributed by atoms with E-state index in [-0.39, 0.29) is 18.1 Å². The summed E-state index contributed by atoms with van der Waals surface area (Å²) in [5, 5.41) is 3.01. The van der Waals surface area contributed by atoms with E-state index >= 15 is 0 Å². The Morgan fingerprint density at radius 2 is 2.28 bits per heavy atom. The molecule has 2 heterocycles. The number of aromatic nitrogens is 1. The van der Waals surface area contributed by atoms with Crippen molar-refractivity contribution < 1.29 is 9.53 Å². The normalized spacial score (nSPS) is 27.1. The van der Waals surface area contributed by atoms with Gasteiger partial charge < -0.3 is 15.8 Å². The number of hydrogen-bond acceptors (Lipinski definition) is 4. The minimum Gasteiger partial charge on any atom is -0.399 e. The first-order chi connectivity index (χ1) is 8.74. The van der Waals surface area contributed by atoms with Crippen LogP contribution in [0.3, 0.4) is 0 Å². The third kappa shape index (κ3) is 2.31. The van der Waals surface area contributed by atoms with Crippen LogP contribution < -0.4 is 11.1 Å². The zero-order valence-electron chi connectivity index (χ0n) is 10.1. The molecule has 0 spiro atoms. The molecule has 1 saturated heterocycles. The van der Waals surface area contributed by atoms with E-state index in [0.717, 1.165) is 13.0 Å². The number of nitrogens with zero attached hydrogens (tertiary/aromatic N) is 1. The molecule has 1 amide bonds. The molecule has 1 aliphatic carbocycles. The molecule has 2 aliphatic rings. The van der Waals surface area contributed by atoms with E-state index in [1.807, 2.05) is 0 Å². The van der Waals surface area contributed by atoms with Gasteiger partial charge in [-0.3, -0.25) is 9.78 Å². The number of rotatable bonds is 3. The zero-order valence-corrected chi connectivity index (χ0v) is 10.1. The lowest BCUT2D eigenvalue weighted by Gasteiger charge is -2.19. The van der Waals surface area contributed by atoms with Crippen LogP contribution in [0.25, 0.3) is 0 Å². The van der Waals surface area contributed by atoms with Crippen molar-refractivity contribution in [2.45, 2.75) is 31.4 Å². The second-order valence-corrected chi connectivity index (χ2v) is 5.02. The summed E-state index contributed by atoms with van der Waals surface area (Å²) >= 11 is 0. The van der Waals surface area contributed by atoms with Gasteiger partial charge in [-0.15, -0.1) is 0 Å².